The first-order chi connectivity index (χ1) is 9.61. The molecule has 0 radical (unpaired) electrons. The van der Waals surface area contributed by atoms with Gasteiger partial charge in [-0.3, -0.25) is 4.79 Å². The molecule has 2 heterocycles. The third-order valence-electron chi connectivity index (χ3n) is 3.11. The lowest BCUT2D eigenvalue weighted by atomic mass is 10.1. The summed E-state index contributed by atoms with van der Waals surface area (Å²) in [5.41, 5.74) is 2.89. The summed E-state index contributed by atoms with van der Waals surface area (Å²) in [4.78, 5) is 18.2. The number of nitrogens with one attached hydrogen (secondary N) is 1. The van der Waals surface area contributed by atoms with Crippen molar-refractivity contribution >= 4 is 28.6 Å². The Morgan fingerprint density at radius 1 is 1.50 bits per heavy atom. The number of thiophene rings is 1. The molecule has 0 aliphatic rings. The number of carbonyl (C=O) groups excluding carboxylic acids is 1. The molecule has 0 bridgehead atoms. The molecule has 1 N–H and O–H groups in total. The lowest BCUT2D eigenvalue weighted by Crippen LogP contribution is -2.26. The van der Waals surface area contributed by atoms with E-state index in [1.54, 1.807) is 22.7 Å². The molecule has 2 aromatic rings. The van der Waals surface area contributed by atoms with E-state index in [-0.39, 0.29) is 18.1 Å². The monoisotopic (exact) mass is 310 g/mol. The van der Waals surface area contributed by atoms with Gasteiger partial charge in [0.05, 0.1) is 30.8 Å². The van der Waals surface area contributed by atoms with Crippen LogP contribution in [0.4, 0.5) is 0 Å². The first kappa shape index (κ1) is 15.2. The maximum atomic E-state index is 11.6. The minimum Gasteiger partial charge on any atom is -0.469 e. The van der Waals surface area contributed by atoms with Gasteiger partial charge in [-0.1, -0.05) is 6.07 Å². The van der Waals surface area contributed by atoms with Crippen LogP contribution in [0.5, 0.6) is 0 Å². The Morgan fingerprint density at radius 2 is 2.30 bits per heavy atom. The average molecular weight is 310 g/mol. The Kier molecular flexibility index (Phi) is 5.28. The van der Waals surface area contributed by atoms with Crippen LogP contribution in [0.3, 0.4) is 0 Å². The van der Waals surface area contributed by atoms with Gasteiger partial charge in [-0.15, -0.1) is 22.7 Å². The number of hydrogen-bond acceptors (Lipinski definition) is 6. The summed E-state index contributed by atoms with van der Waals surface area (Å²) in [6, 6.07) is 4.16. The Bertz CT molecular complexity index is 551. The SMILES string of the molecule is COC(=O)CC(NC(C)c1scnc1C)c1cccs1. The van der Waals surface area contributed by atoms with Gasteiger partial charge in [-0.2, -0.15) is 0 Å². The number of thiazole rings is 1. The zero-order valence-corrected chi connectivity index (χ0v) is 13.4. The summed E-state index contributed by atoms with van der Waals surface area (Å²) in [5, 5.41) is 5.53. The lowest BCUT2D eigenvalue weighted by Gasteiger charge is -2.21. The van der Waals surface area contributed by atoms with Crippen molar-refractivity contribution in [2.45, 2.75) is 32.4 Å². The van der Waals surface area contributed by atoms with Crippen molar-refractivity contribution in [3.05, 3.63) is 38.5 Å². The summed E-state index contributed by atoms with van der Waals surface area (Å²) in [6.07, 6.45) is 0.333. The summed E-state index contributed by atoms with van der Waals surface area (Å²) < 4.78 is 4.79. The second-order valence-corrected chi connectivity index (χ2v) is 6.40. The van der Waals surface area contributed by atoms with Gasteiger partial charge in [0.15, 0.2) is 0 Å². The van der Waals surface area contributed by atoms with Gasteiger partial charge in [-0.05, 0) is 25.3 Å². The van der Waals surface area contributed by atoms with E-state index in [4.69, 9.17) is 4.74 Å². The molecule has 20 heavy (non-hydrogen) atoms. The van der Waals surface area contributed by atoms with Crippen LogP contribution < -0.4 is 5.32 Å². The number of esters is 1. The molecule has 0 saturated heterocycles. The molecule has 0 aliphatic carbocycles. The van der Waals surface area contributed by atoms with E-state index in [9.17, 15) is 4.79 Å². The molecule has 0 amide bonds. The number of aryl methyl sites for hydroxylation is 1. The van der Waals surface area contributed by atoms with Crippen LogP contribution in [0.2, 0.25) is 0 Å². The van der Waals surface area contributed by atoms with E-state index in [0.717, 1.165) is 10.6 Å². The highest BCUT2D eigenvalue weighted by atomic mass is 32.1. The van der Waals surface area contributed by atoms with E-state index in [0.29, 0.717) is 6.42 Å². The van der Waals surface area contributed by atoms with Crippen molar-refractivity contribution in [3.63, 3.8) is 0 Å². The molecular formula is C14H18N2O2S2. The molecule has 4 nitrogen and oxygen atoms in total. The standard InChI is InChI=1S/C14H18N2O2S2/c1-9-14(20-8-15-9)10(2)16-11(7-13(17)18-3)12-5-4-6-19-12/h4-6,8,10-11,16H,7H2,1-3H3. The largest absolute Gasteiger partial charge is 0.469 e. The van der Waals surface area contributed by atoms with Gasteiger partial charge < -0.3 is 10.1 Å². The number of carbonyl (C=O) groups is 1. The molecule has 0 fully saturated rings. The highest BCUT2D eigenvalue weighted by molar-refractivity contribution is 7.10. The van der Waals surface area contributed by atoms with Crippen molar-refractivity contribution in [2.75, 3.05) is 7.11 Å². The summed E-state index contributed by atoms with van der Waals surface area (Å²) >= 11 is 3.28. The second-order valence-electron chi connectivity index (χ2n) is 4.54. The fourth-order valence-corrected chi connectivity index (χ4v) is 3.69. The molecule has 0 saturated carbocycles. The van der Waals surface area contributed by atoms with Crippen LogP contribution in [0.25, 0.3) is 0 Å². The molecule has 6 heteroatoms. The zero-order chi connectivity index (χ0) is 14.5. The Labute approximate surface area is 126 Å². The van der Waals surface area contributed by atoms with Gasteiger partial charge in [0.2, 0.25) is 0 Å². The van der Waals surface area contributed by atoms with Crippen LogP contribution >= 0.6 is 22.7 Å². The van der Waals surface area contributed by atoms with Crippen LogP contribution in [-0.2, 0) is 9.53 Å². The fourth-order valence-electron chi connectivity index (χ4n) is 2.09. The van der Waals surface area contributed by atoms with Gasteiger partial charge in [0.25, 0.3) is 0 Å². The van der Waals surface area contributed by atoms with Crippen LogP contribution in [0, 0.1) is 6.92 Å². The zero-order valence-electron chi connectivity index (χ0n) is 11.8. The molecule has 2 unspecified atom stereocenters. The highest BCUT2D eigenvalue weighted by Gasteiger charge is 2.21. The van der Waals surface area contributed by atoms with Gasteiger partial charge in [0.1, 0.15) is 0 Å². The van der Waals surface area contributed by atoms with E-state index in [2.05, 4.69) is 17.2 Å². The minimum atomic E-state index is -0.205. The number of aromatic nitrogens is 1. The Morgan fingerprint density at radius 3 is 2.85 bits per heavy atom. The van der Waals surface area contributed by atoms with Gasteiger partial charge >= 0.3 is 5.97 Å². The first-order valence-electron chi connectivity index (χ1n) is 6.38. The van der Waals surface area contributed by atoms with E-state index >= 15 is 0 Å². The van der Waals surface area contributed by atoms with Crippen molar-refractivity contribution in [1.29, 1.82) is 0 Å². The topological polar surface area (TPSA) is 51.2 Å². The molecule has 0 spiro atoms. The van der Waals surface area contributed by atoms with Crippen LogP contribution in [0.15, 0.2) is 23.0 Å². The predicted octanol–water partition coefficient (Wildman–Crippen LogP) is 3.47. The molecule has 0 aliphatic heterocycles. The normalized spacial score (nSPS) is 13.9. The van der Waals surface area contributed by atoms with Crippen LogP contribution in [-0.4, -0.2) is 18.1 Å². The van der Waals surface area contributed by atoms with Crippen molar-refractivity contribution in [3.8, 4) is 0 Å². The molecule has 2 rings (SSSR count). The molecule has 2 aromatic heterocycles. The maximum Gasteiger partial charge on any atom is 0.307 e. The van der Waals surface area contributed by atoms with Crippen LogP contribution in [0.1, 0.15) is 40.9 Å². The number of hydrogen-bond donors (Lipinski definition) is 1. The van der Waals surface area contributed by atoms with Crippen molar-refractivity contribution < 1.29 is 9.53 Å². The smallest absolute Gasteiger partial charge is 0.307 e. The fraction of sp³-hybridized carbons (Fsp3) is 0.429. The predicted molar refractivity (Wildman–Crippen MR) is 82.1 cm³/mol. The van der Waals surface area contributed by atoms with Gasteiger partial charge in [-0.25, -0.2) is 4.98 Å². The highest BCUT2D eigenvalue weighted by Crippen LogP contribution is 2.28. The number of methoxy groups -OCH3 is 1. The first-order valence-corrected chi connectivity index (χ1v) is 8.14. The third-order valence-corrected chi connectivity index (χ3v) is 5.21. The van der Waals surface area contributed by atoms with Crippen molar-refractivity contribution in [2.24, 2.45) is 0 Å². The lowest BCUT2D eigenvalue weighted by molar-refractivity contribution is -0.141. The maximum absolute atomic E-state index is 11.6. The number of ether oxygens (including phenoxy) is 1. The summed E-state index contributed by atoms with van der Waals surface area (Å²) in [6.45, 7) is 4.10. The molecular weight excluding hydrogens is 292 g/mol. The van der Waals surface area contributed by atoms with E-state index < -0.39 is 0 Å². The molecule has 108 valence electrons. The molecule has 0 aromatic carbocycles. The number of nitrogens with zero attached hydrogens (tertiary/aromatic N) is 1. The Hall–Kier alpha value is -1.24. The average Bonchev–Trinajstić information content (AvgIpc) is 3.08. The quantitative estimate of drug-likeness (QED) is 0.830. The van der Waals surface area contributed by atoms with Crippen molar-refractivity contribution in [1.82, 2.24) is 10.3 Å². The number of rotatable bonds is 6. The third kappa shape index (κ3) is 3.65. The second kappa shape index (κ2) is 6.97. The summed E-state index contributed by atoms with van der Waals surface area (Å²) in [5.74, 6) is -0.205. The minimum absolute atomic E-state index is 0.0288. The molecule has 2 atom stereocenters. The summed E-state index contributed by atoms with van der Waals surface area (Å²) in [7, 11) is 1.42. The van der Waals surface area contributed by atoms with Gasteiger partial charge in [0, 0.05) is 15.8 Å². The van der Waals surface area contributed by atoms with E-state index in [1.165, 1.54) is 12.0 Å². The Balaban J connectivity index is 2.11. The van der Waals surface area contributed by atoms with E-state index in [1.807, 2.05) is 29.9 Å².